The molecule has 6 heteroatoms. The average molecular weight is 319 g/mol. The number of hydrogen-bond acceptors (Lipinski definition) is 4. The van der Waals surface area contributed by atoms with Crippen molar-refractivity contribution in [1.82, 2.24) is 9.78 Å². The largest absolute Gasteiger partial charge is 0.382 e. The fourth-order valence-corrected chi connectivity index (χ4v) is 2.03. The van der Waals surface area contributed by atoms with Gasteiger partial charge >= 0.3 is 0 Å². The highest BCUT2D eigenvalue weighted by atomic mass is 79.9. The summed E-state index contributed by atoms with van der Waals surface area (Å²) in [5.41, 5.74) is 1.82. The number of nitrogens with zero attached hydrogens (tertiary/aromatic N) is 2. The number of rotatable bonds is 8. The van der Waals surface area contributed by atoms with E-state index in [9.17, 15) is 4.79 Å². The maximum atomic E-state index is 11.8. The van der Waals surface area contributed by atoms with Gasteiger partial charge in [0.15, 0.2) is 5.78 Å². The van der Waals surface area contributed by atoms with Crippen molar-refractivity contribution in [3.63, 3.8) is 0 Å². The average Bonchev–Trinajstić information content (AvgIpc) is 2.62. The molecule has 1 heterocycles. The number of ether oxygens (including phenoxy) is 2. The zero-order chi connectivity index (χ0) is 13.5. The van der Waals surface area contributed by atoms with Crippen LogP contribution in [0.1, 0.15) is 18.3 Å². The smallest absolute Gasteiger partial charge is 0.164 e. The molecule has 1 aromatic rings. The Bertz CT molecular complexity index is 404. The van der Waals surface area contributed by atoms with E-state index >= 15 is 0 Å². The molecule has 0 aliphatic carbocycles. The molecule has 0 radical (unpaired) electrons. The number of methoxy groups -OCH3 is 1. The second-order valence-electron chi connectivity index (χ2n) is 3.92. The highest BCUT2D eigenvalue weighted by molar-refractivity contribution is 9.10. The van der Waals surface area contributed by atoms with Gasteiger partial charge in [0.2, 0.25) is 0 Å². The summed E-state index contributed by atoms with van der Waals surface area (Å²) < 4.78 is 12.8. The first-order valence-corrected chi connectivity index (χ1v) is 6.69. The summed E-state index contributed by atoms with van der Waals surface area (Å²) >= 11 is 3.47. The third-order valence-corrected chi connectivity index (χ3v) is 3.54. The molecule has 0 saturated carbocycles. The van der Waals surface area contributed by atoms with Crippen molar-refractivity contribution >= 4 is 21.7 Å². The van der Waals surface area contributed by atoms with Crippen molar-refractivity contribution < 1.29 is 14.3 Å². The minimum Gasteiger partial charge on any atom is -0.382 e. The standard InChI is InChI=1S/C12H19BrN2O3/c1-4-15-11(12(13)9(2)14-15)7-10(16)8-18-6-5-17-3/h4-8H2,1-3H3. The second-order valence-corrected chi connectivity index (χ2v) is 4.72. The Morgan fingerprint density at radius 2 is 2.17 bits per heavy atom. The van der Waals surface area contributed by atoms with E-state index in [2.05, 4.69) is 21.0 Å². The van der Waals surface area contributed by atoms with Crippen molar-refractivity contribution in [2.45, 2.75) is 26.8 Å². The van der Waals surface area contributed by atoms with Crippen LogP contribution in [0, 0.1) is 6.92 Å². The molecular formula is C12H19BrN2O3. The number of ketones is 1. The van der Waals surface area contributed by atoms with Gasteiger partial charge in [-0.2, -0.15) is 5.10 Å². The predicted octanol–water partition coefficient (Wildman–Crippen LogP) is 1.75. The van der Waals surface area contributed by atoms with E-state index < -0.39 is 0 Å². The topological polar surface area (TPSA) is 53.4 Å². The molecule has 1 rings (SSSR count). The molecule has 0 fully saturated rings. The van der Waals surface area contributed by atoms with E-state index in [0.29, 0.717) is 19.6 Å². The van der Waals surface area contributed by atoms with E-state index in [1.807, 2.05) is 18.5 Å². The molecule has 0 amide bonds. The summed E-state index contributed by atoms with van der Waals surface area (Å²) in [5.74, 6) is 0.0430. The Labute approximate surface area is 116 Å². The van der Waals surface area contributed by atoms with Crippen LogP contribution in [0.25, 0.3) is 0 Å². The third-order valence-electron chi connectivity index (χ3n) is 2.51. The number of aromatic nitrogens is 2. The Hall–Kier alpha value is -0.720. The van der Waals surface area contributed by atoms with Crippen LogP contribution in [0.3, 0.4) is 0 Å². The van der Waals surface area contributed by atoms with Gasteiger partial charge in [-0.3, -0.25) is 9.48 Å². The van der Waals surface area contributed by atoms with Crippen LogP contribution in [0.15, 0.2) is 4.47 Å². The maximum Gasteiger partial charge on any atom is 0.164 e. The molecule has 18 heavy (non-hydrogen) atoms. The molecular weight excluding hydrogens is 300 g/mol. The zero-order valence-corrected chi connectivity index (χ0v) is 12.6. The second kappa shape index (κ2) is 7.66. The molecule has 0 saturated heterocycles. The number of aryl methyl sites for hydroxylation is 2. The maximum absolute atomic E-state index is 11.8. The Balaban J connectivity index is 2.53. The summed E-state index contributed by atoms with van der Waals surface area (Å²) in [6.45, 7) is 5.73. The van der Waals surface area contributed by atoms with Crippen LogP contribution in [-0.2, 0) is 27.2 Å². The first-order chi connectivity index (χ1) is 8.60. The highest BCUT2D eigenvalue weighted by Gasteiger charge is 2.15. The van der Waals surface area contributed by atoms with Gasteiger partial charge in [-0.15, -0.1) is 0 Å². The van der Waals surface area contributed by atoms with Crippen LogP contribution < -0.4 is 0 Å². The zero-order valence-electron chi connectivity index (χ0n) is 11.0. The first kappa shape index (κ1) is 15.3. The van der Waals surface area contributed by atoms with Crippen molar-refractivity contribution in [2.24, 2.45) is 0 Å². The van der Waals surface area contributed by atoms with E-state index in [1.165, 1.54) is 0 Å². The van der Waals surface area contributed by atoms with Gasteiger partial charge in [0.05, 0.1) is 35.5 Å². The van der Waals surface area contributed by atoms with E-state index in [4.69, 9.17) is 9.47 Å². The number of hydrogen-bond donors (Lipinski definition) is 0. The molecule has 1 aromatic heterocycles. The van der Waals surface area contributed by atoms with Crippen molar-refractivity contribution in [3.8, 4) is 0 Å². The molecule has 102 valence electrons. The van der Waals surface area contributed by atoms with E-state index in [0.717, 1.165) is 22.4 Å². The Morgan fingerprint density at radius 1 is 1.44 bits per heavy atom. The number of carbonyl (C=O) groups is 1. The van der Waals surface area contributed by atoms with Crippen LogP contribution in [-0.4, -0.2) is 42.5 Å². The minimum absolute atomic E-state index is 0.0430. The monoisotopic (exact) mass is 318 g/mol. The molecule has 0 N–H and O–H groups in total. The van der Waals surface area contributed by atoms with Crippen LogP contribution >= 0.6 is 15.9 Å². The molecule has 0 bridgehead atoms. The summed E-state index contributed by atoms with van der Waals surface area (Å²) in [4.78, 5) is 11.8. The molecule has 0 unspecified atom stereocenters. The first-order valence-electron chi connectivity index (χ1n) is 5.90. The van der Waals surface area contributed by atoms with Gasteiger partial charge in [0.25, 0.3) is 0 Å². The number of Topliss-reactive ketones (excluding diaryl/α,β-unsaturated/α-hetero) is 1. The Morgan fingerprint density at radius 3 is 2.78 bits per heavy atom. The van der Waals surface area contributed by atoms with Gasteiger partial charge < -0.3 is 9.47 Å². The molecule has 0 spiro atoms. The van der Waals surface area contributed by atoms with Crippen LogP contribution in [0.2, 0.25) is 0 Å². The molecule has 0 atom stereocenters. The number of halogens is 1. The summed E-state index contributed by atoms with van der Waals surface area (Å²) in [5, 5.41) is 4.35. The molecule has 0 aromatic carbocycles. The summed E-state index contributed by atoms with van der Waals surface area (Å²) in [6, 6.07) is 0. The van der Waals surface area contributed by atoms with Gasteiger partial charge in [0.1, 0.15) is 6.61 Å². The fraction of sp³-hybridized carbons (Fsp3) is 0.667. The third kappa shape index (κ3) is 4.19. The normalized spacial score (nSPS) is 10.9. The molecule has 0 aliphatic rings. The van der Waals surface area contributed by atoms with Crippen molar-refractivity contribution in [1.29, 1.82) is 0 Å². The van der Waals surface area contributed by atoms with Crippen LogP contribution in [0.5, 0.6) is 0 Å². The highest BCUT2D eigenvalue weighted by Crippen LogP contribution is 2.21. The van der Waals surface area contributed by atoms with Crippen molar-refractivity contribution in [3.05, 3.63) is 15.9 Å². The summed E-state index contributed by atoms with van der Waals surface area (Å²) in [7, 11) is 1.60. The van der Waals surface area contributed by atoms with Crippen LogP contribution in [0.4, 0.5) is 0 Å². The fourth-order valence-electron chi connectivity index (χ4n) is 1.60. The minimum atomic E-state index is 0.0430. The van der Waals surface area contributed by atoms with E-state index in [1.54, 1.807) is 7.11 Å². The quantitative estimate of drug-likeness (QED) is 0.685. The van der Waals surface area contributed by atoms with Crippen molar-refractivity contribution in [2.75, 3.05) is 26.9 Å². The lowest BCUT2D eigenvalue weighted by atomic mass is 10.2. The lowest BCUT2D eigenvalue weighted by Crippen LogP contribution is -2.16. The lowest BCUT2D eigenvalue weighted by Gasteiger charge is -2.06. The molecule has 5 nitrogen and oxygen atoms in total. The van der Waals surface area contributed by atoms with Gasteiger partial charge in [-0.1, -0.05) is 0 Å². The Kier molecular flexibility index (Phi) is 6.52. The van der Waals surface area contributed by atoms with Gasteiger partial charge in [0, 0.05) is 13.7 Å². The lowest BCUT2D eigenvalue weighted by molar-refractivity contribution is -0.123. The SMILES string of the molecule is CCn1nc(C)c(Br)c1CC(=O)COCCOC. The van der Waals surface area contributed by atoms with Gasteiger partial charge in [-0.05, 0) is 29.8 Å². The summed E-state index contributed by atoms with van der Waals surface area (Å²) in [6.07, 6.45) is 0.336. The van der Waals surface area contributed by atoms with Gasteiger partial charge in [-0.25, -0.2) is 0 Å². The number of carbonyl (C=O) groups excluding carboxylic acids is 1. The van der Waals surface area contributed by atoms with E-state index in [-0.39, 0.29) is 12.4 Å². The molecule has 0 aliphatic heterocycles. The predicted molar refractivity (Wildman–Crippen MR) is 71.7 cm³/mol.